The van der Waals surface area contributed by atoms with E-state index in [2.05, 4.69) is 4.99 Å². The summed E-state index contributed by atoms with van der Waals surface area (Å²) in [5.74, 6) is 0.158. The molecule has 1 aromatic carbocycles. The Labute approximate surface area is 100 Å². The number of benzene rings is 1. The van der Waals surface area contributed by atoms with Crippen LogP contribution in [0.15, 0.2) is 35.3 Å². The maximum absolute atomic E-state index is 11.6. The molecule has 1 unspecified atom stereocenters. The Morgan fingerprint density at radius 1 is 1.41 bits per heavy atom. The van der Waals surface area contributed by atoms with Crippen molar-refractivity contribution in [3.63, 3.8) is 0 Å². The summed E-state index contributed by atoms with van der Waals surface area (Å²) < 4.78 is 10.6. The fourth-order valence-corrected chi connectivity index (χ4v) is 1.55. The molecule has 2 rings (SSSR count). The third kappa shape index (κ3) is 2.84. The van der Waals surface area contributed by atoms with Gasteiger partial charge in [-0.1, -0.05) is 18.2 Å². The van der Waals surface area contributed by atoms with Gasteiger partial charge in [-0.3, -0.25) is 0 Å². The van der Waals surface area contributed by atoms with Crippen molar-refractivity contribution >= 4 is 11.9 Å². The van der Waals surface area contributed by atoms with Crippen molar-refractivity contribution in [3.05, 3.63) is 35.9 Å². The quantitative estimate of drug-likeness (QED) is 0.748. The van der Waals surface area contributed by atoms with Gasteiger partial charge in [-0.05, 0) is 26.0 Å². The van der Waals surface area contributed by atoms with Crippen LogP contribution in [0.1, 0.15) is 19.4 Å². The first-order valence-electron chi connectivity index (χ1n) is 5.64. The second kappa shape index (κ2) is 4.99. The second-order valence-electron chi connectivity index (χ2n) is 4.10. The number of esters is 1. The van der Waals surface area contributed by atoms with Crippen LogP contribution >= 0.6 is 0 Å². The van der Waals surface area contributed by atoms with Crippen LogP contribution in [0.3, 0.4) is 0 Å². The normalized spacial score (nSPS) is 18.8. The van der Waals surface area contributed by atoms with Gasteiger partial charge in [0.2, 0.25) is 12.0 Å². The van der Waals surface area contributed by atoms with E-state index < -0.39 is 6.10 Å². The van der Waals surface area contributed by atoms with Gasteiger partial charge < -0.3 is 9.47 Å². The number of hydrogen-bond donors (Lipinski definition) is 0. The van der Waals surface area contributed by atoms with Gasteiger partial charge in [0.1, 0.15) is 0 Å². The molecule has 0 N–H and O–H groups in total. The minimum absolute atomic E-state index is 0.133. The van der Waals surface area contributed by atoms with Gasteiger partial charge in [-0.15, -0.1) is 0 Å². The number of carbonyl (C=O) groups is 1. The first-order chi connectivity index (χ1) is 8.16. The molecule has 0 aliphatic carbocycles. The summed E-state index contributed by atoms with van der Waals surface area (Å²) in [5.41, 5.74) is 0.882. The minimum Gasteiger partial charge on any atom is -0.460 e. The lowest BCUT2D eigenvalue weighted by Gasteiger charge is -2.13. The van der Waals surface area contributed by atoms with Crippen LogP contribution in [0, 0.1) is 0 Å². The van der Waals surface area contributed by atoms with E-state index >= 15 is 0 Å². The molecule has 0 fully saturated rings. The lowest BCUT2D eigenvalue weighted by Crippen LogP contribution is -2.29. The van der Waals surface area contributed by atoms with Crippen LogP contribution in [0.4, 0.5) is 0 Å². The average Bonchev–Trinajstić information content (AvgIpc) is 2.78. The monoisotopic (exact) mass is 233 g/mol. The summed E-state index contributed by atoms with van der Waals surface area (Å²) in [6.07, 6.45) is -0.737. The summed E-state index contributed by atoms with van der Waals surface area (Å²) >= 11 is 0. The summed E-state index contributed by atoms with van der Waals surface area (Å²) in [4.78, 5) is 15.8. The largest absolute Gasteiger partial charge is 0.460 e. The molecule has 0 bridgehead atoms. The smallest absolute Gasteiger partial charge is 0.349 e. The van der Waals surface area contributed by atoms with Crippen LogP contribution in [0.5, 0.6) is 0 Å². The molecular formula is C13H15NO3. The van der Waals surface area contributed by atoms with Gasteiger partial charge in [0.05, 0.1) is 12.6 Å². The van der Waals surface area contributed by atoms with E-state index in [9.17, 15) is 4.79 Å². The molecule has 1 aromatic rings. The van der Waals surface area contributed by atoms with Crippen molar-refractivity contribution in [2.45, 2.75) is 26.1 Å². The lowest BCUT2D eigenvalue weighted by atomic mass is 10.2. The number of rotatable bonds is 3. The maximum atomic E-state index is 11.6. The Morgan fingerprint density at radius 3 is 2.76 bits per heavy atom. The molecule has 1 aliphatic rings. The molecule has 4 nitrogen and oxygen atoms in total. The van der Waals surface area contributed by atoms with Crippen LogP contribution < -0.4 is 0 Å². The van der Waals surface area contributed by atoms with Crippen molar-refractivity contribution < 1.29 is 14.3 Å². The SMILES string of the molecule is CC(C)OC(=O)C1CN=C(c2ccccc2)O1. The molecule has 0 amide bonds. The van der Waals surface area contributed by atoms with E-state index in [4.69, 9.17) is 9.47 Å². The predicted molar refractivity (Wildman–Crippen MR) is 63.9 cm³/mol. The fourth-order valence-electron chi connectivity index (χ4n) is 1.55. The summed E-state index contributed by atoms with van der Waals surface area (Å²) in [7, 11) is 0. The van der Waals surface area contributed by atoms with E-state index in [1.165, 1.54) is 0 Å². The third-order valence-corrected chi connectivity index (χ3v) is 2.29. The first-order valence-corrected chi connectivity index (χ1v) is 5.64. The van der Waals surface area contributed by atoms with Crippen LogP contribution in [0.2, 0.25) is 0 Å². The molecule has 1 aliphatic heterocycles. The Morgan fingerprint density at radius 2 is 2.12 bits per heavy atom. The zero-order valence-corrected chi connectivity index (χ0v) is 9.92. The Hall–Kier alpha value is -1.84. The van der Waals surface area contributed by atoms with Crippen LogP contribution in [-0.2, 0) is 14.3 Å². The van der Waals surface area contributed by atoms with E-state index in [0.717, 1.165) is 5.56 Å². The van der Waals surface area contributed by atoms with Crippen molar-refractivity contribution in [2.24, 2.45) is 4.99 Å². The maximum Gasteiger partial charge on any atom is 0.349 e. The molecule has 1 heterocycles. The number of aliphatic imine (C=N–C) groups is 1. The molecule has 90 valence electrons. The highest BCUT2D eigenvalue weighted by molar-refractivity contribution is 5.97. The van der Waals surface area contributed by atoms with Gasteiger partial charge in [0, 0.05) is 5.56 Å². The highest BCUT2D eigenvalue weighted by Gasteiger charge is 2.29. The van der Waals surface area contributed by atoms with Crippen LogP contribution in [-0.4, -0.2) is 30.6 Å². The summed E-state index contributed by atoms with van der Waals surface area (Å²) in [5, 5.41) is 0. The molecule has 0 saturated carbocycles. The van der Waals surface area contributed by atoms with E-state index in [1.807, 2.05) is 44.2 Å². The average molecular weight is 233 g/mol. The zero-order chi connectivity index (χ0) is 12.3. The summed E-state index contributed by atoms with van der Waals surface area (Å²) in [6, 6.07) is 9.52. The van der Waals surface area contributed by atoms with Gasteiger partial charge in [0.15, 0.2) is 0 Å². The van der Waals surface area contributed by atoms with Crippen molar-refractivity contribution in [1.29, 1.82) is 0 Å². The highest BCUT2D eigenvalue weighted by Crippen LogP contribution is 2.13. The van der Waals surface area contributed by atoms with E-state index in [0.29, 0.717) is 12.4 Å². The Bertz CT molecular complexity index is 426. The first kappa shape index (κ1) is 11.6. The Kier molecular flexibility index (Phi) is 3.42. The number of nitrogens with zero attached hydrogens (tertiary/aromatic N) is 1. The molecule has 1 atom stereocenters. The standard InChI is InChI=1S/C13H15NO3/c1-9(2)16-13(15)11-8-14-12(17-11)10-6-4-3-5-7-10/h3-7,9,11H,8H2,1-2H3. The van der Waals surface area contributed by atoms with Crippen LogP contribution in [0.25, 0.3) is 0 Å². The zero-order valence-electron chi connectivity index (χ0n) is 9.92. The van der Waals surface area contributed by atoms with Gasteiger partial charge in [0.25, 0.3) is 0 Å². The predicted octanol–water partition coefficient (Wildman–Crippen LogP) is 1.78. The summed E-state index contributed by atoms with van der Waals surface area (Å²) in [6.45, 7) is 3.95. The molecule has 4 heteroatoms. The molecule has 0 spiro atoms. The molecule has 0 radical (unpaired) electrons. The topological polar surface area (TPSA) is 47.9 Å². The van der Waals surface area contributed by atoms with Gasteiger partial charge in [-0.25, -0.2) is 9.79 Å². The lowest BCUT2D eigenvalue weighted by molar-refractivity contribution is -0.155. The van der Waals surface area contributed by atoms with Crippen molar-refractivity contribution in [3.8, 4) is 0 Å². The third-order valence-electron chi connectivity index (χ3n) is 2.29. The molecule has 0 saturated heterocycles. The minimum atomic E-state index is -0.604. The molecule has 17 heavy (non-hydrogen) atoms. The molecular weight excluding hydrogens is 218 g/mol. The number of hydrogen-bond acceptors (Lipinski definition) is 4. The Balaban J connectivity index is 1.97. The van der Waals surface area contributed by atoms with E-state index in [1.54, 1.807) is 0 Å². The number of ether oxygens (including phenoxy) is 2. The molecule has 0 aromatic heterocycles. The van der Waals surface area contributed by atoms with Gasteiger partial charge in [-0.2, -0.15) is 0 Å². The van der Waals surface area contributed by atoms with Crippen molar-refractivity contribution in [1.82, 2.24) is 0 Å². The fraction of sp³-hybridized carbons (Fsp3) is 0.385. The van der Waals surface area contributed by atoms with E-state index in [-0.39, 0.29) is 12.1 Å². The highest BCUT2D eigenvalue weighted by atomic mass is 16.6. The number of carbonyl (C=O) groups excluding carboxylic acids is 1. The second-order valence-corrected chi connectivity index (χ2v) is 4.10. The van der Waals surface area contributed by atoms with Crippen molar-refractivity contribution in [2.75, 3.05) is 6.54 Å². The van der Waals surface area contributed by atoms with Gasteiger partial charge >= 0.3 is 5.97 Å².